The van der Waals surface area contributed by atoms with E-state index in [1.807, 2.05) is 6.08 Å². The smallest absolute Gasteiger partial charge is 0.414 e. The number of carboxylic acids is 2. The molecule has 0 aliphatic carbocycles. The Morgan fingerprint density at radius 1 is 1.19 bits per heavy atom. The van der Waals surface area contributed by atoms with Crippen LogP contribution in [0, 0.1) is 6.92 Å². The average Bonchev–Trinajstić information content (AvgIpc) is 3.10. The van der Waals surface area contributed by atoms with Gasteiger partial charge in [0.2, 0.25) is 0 Å². The Bertz CT molecular complexity index is 582. The normalized spacial score (nSPS) is 13.6. The maximum Gasteiger partial charge on any atom is 0.414 e. The van der Waals surface area contributed by atoms with E-state index < -0.39 is 11.9 Å². The van der Waals surface area contributed by atoms with Crippen LogP contribution in [0.25, 0.3) is 0 Å². The highest BCUT2D eigenvalue weighted by Gasteiger charge is 2.10. The lowest BCUT2D eigenvalue weighted by molar-refractivity contribution is -0.159. The summed E-state index contributed by atoms with van der Waals surface area (Å²) < 4.78 is 5.94. The molecular formula is C20H29NO5. The van der Waals surface area contributed by atoms with E-state index in [-0.39, 0.29) is 0 Å². The number of allylic oxidation sites excluding steroid dienone is 1. The van der Waals surface area contributed by atoms with E-state index in [1.54, 1.807) is 0 Å². The number of carboxylic acid groups (broad SMARTS) is 2. The standard InChI is InChI=1S/C18H27NO.C2H2O4/c1-3-8-17-15-16(2)9-10-18(17)20-14-7-6-13-19-11-4-5-12-19;3-1(4)2(5)6/h3,9-10,15H,1,4-8,11-14H2,2H3;(H,3,4)(H,5,6). The minimum Gasteiger partial charge on any atom is -0.493 e. The molecule has 1 aliphatic rings. The van der Waals surface area contributed by atoms with Crippen LogP contribution in [0.3, 0.4) is 0 Å². The Morgan fingerprint density at radius 2 is 1.85 bits per heavy atom. The highest BCUT2D eigenvalue weighted by molar-refractivity contribution is 6.27. The molecular weight excluding hydrogens is 334 g/mol. The minimum absolute atomic E-state index is 0.820. The molecule has 0 saturated carbocycles. The van der Waals surface area contributed by atoms with E-state index in [1.165, 1.54) is 50.0 Å². The Balaban J connectivity index is 0.000000487. The molecule has 0 radical (unpaired) electrons. The molecule has 0 unspecified atom stereocenters. The van der Waals surface area contributed by atoms with Gasteiger partial charge in [0.25, 0.3) is 0 Å². The summed E-state index contributed by atoms with van der Waals surface area (Å²) in [6.45, 7) is 10.6. The second-order valence-electron chi connectivity index (χ2n) is 6.32. The molecule has 6 nitrogen and oxygen atoms in total. The second-order valence-corrected chi connectivity index (χ2v) is 6.32. The quantitative estimate of drug-likeness (QED) is 0.419. The first-order valence-electron chi connectivity index (χ1n) is 8.96. The molecule has 1 aliphatic heterocycles. The lowest BCUT2D eigenvalue weighted by Gasteiger charge is -2.15. The number of hydrogen-bond acceptors (Lipinski definition) is 4. The van der Waals surface area contributed by atoms with E-state index in [0.29, 0.717) is 0 Å². The van der Waals surface area contributed by atoms with Crippen molar-refractivity contribution in [1.82, 2.24) is 4.90 Å². The molecule has 1 saturated heterocycles. The monoisotopic (exact) mass is 363 g/mol. The number of aryl methyl sites for hydroxylation is 1. The summed E-state index contributed by atoms with van der Waals surface area (Å²) in [6, 6.07) is 6.40. The molecule has 26 heavy (non-hydrogen) atoms. The van der Waals surface area contributed by atoms with E-state index in [0.717, 1.165) is 25.2 Å². The van der Waals surface area contributed by atoms with Gasteiger partial charge in [-0.3, -0.25) is 0 Å². The van der Waals surface area contributed by atoms with E-state index in [9.17, 15) is 0 Å². The van der Waals surface area contributed by atoms with Crippen LogP contribution in [-0.2, 0) is 16.0 Å². The van der Waals surface area contributed by atoms with Crippen LogP contribution >= 0.6 is 0 Å². The van der Waals surface area contributed by atoms with Gasteiger partial charge in [0.05, 0.1) is 6.61 Å². The van der Waals surface area contributed by atoms with Gasteiger partial charge < -0.3 is 19.8 Å². The molecule has 0 amide bonds. The third kappa shape index (κ3) is 8.67. The maximum absolute atomic E-state index is 9.10. The van der Waals surface area contributed by atoms with E-state index >= 15 is 0 Å². The van der Waals surface area contributed by atoms with Crippen molar-refractivity contribution in [2.24, 2.45) is 0 Å². The number of rotatable bonds is 8. The highest BCUT2D eigenvalue weighted by atomic mass is 16.5. The number of likely N-dealkylation sites (tertiary alicyclic amines) is 1. The summed E-state index contributed by atoms with van der Waals surface area (Å²) in [7, 11) is 0. The third-order valence-electron chi connectivity index (χ3n) is 4.09. The fourth-order valence-electron chi connectivity index (χ4n) is 2.79. The number of ether oxygens (including phenoxy) is 1. The van der Waals surface area contributed by atoms with Gasteiger partial charge in [0.1, 0.15) is 5.75 Å². The fourth-order valence-corrected chi connectivity index (χ4v) is 2.79. The van der Waals surface area contributed by atoms with E-state index in [2.05, 4.69) is 36.6 Å². The molecule has 0 bridgehead atoms. The van der Waals surface area contributed by atoms with Crippen LogP contribution in [-0.4, -0.2) is 53.3 Å². The number of nitrogens with zero attached hydrogens (tertiary/aromatic N) is 1. The van der Waals surface area contributed by atoms with Gasteiger partial charge in [-0.15, -0.1) is 6.58 Å². The Kier molecular flexibility index (Phi) is 10.1. The first kappa shape index (κ1) is 21.7. The fraction of sp³-hybridized carbons (Fsp3) is 0.500. The van der Waals surface area contributed by atoms with Crippen LogP contribution in [0.5, 0.6) is 5.75 Å². The SMILES string of the molecule is C=CCc1cc(C)ccc1OCCCCN1CCCC1.O=C(O)C(=O)O. The van der Waals surface area contributed by atoms with Gasteiger partial charge in [-0.1, -0.05) is 23.8 Å². The molecule has 0 spiro atoms. The first-order chi connectivity index (χ1) is 12.4. The highest BCUT2D eigenvalue weighted by Crippen LogP contribution is 2.21. The molecule has 1 heterocycles. The summed E-state index contributed by atoms with van der Waals surface area (Å²) in [5.41, 5.74) is 2.53. The van der Waals surface area contributed by atoms with Crippen molar-refractivity contribution in [3.8, 4) is 5.75 Å². The van der Waals surface area contributed by atoms with Gasteiger partial charge in [-0.2, -0.15) is 0 Å². The number of carbonyl (C=O) groups is 2. The van der Waals surface area contributed by atoms with Crippen molar-refractivity contribution in [3.05, 3.63) is 42.0 Å². The van der Waals surface area contributed by atoms with Crippen LogP contribution in [0.1, 0.15) is 36.8 Å². The largest absolute Gasteiger partial charge is 0.493 e. The van der Waals surface area contributed by atoms with Crippen molar-refractivity contribution in [1.29, 1.82) is 0 Å². The lowest BCUT2D eigenvalue weighted by atomic mass is 10.1. The van der Waals surface area contributed by atoms with Crippen LogP contribution < -0.4 is 4.74 Å². The Labute approximate surface area is 155 Å². The van der Waals surface area contributed by atoms with Gasteiger partial charge in [-0.25, -0.2) is 9.59 Å². The molecule has 2 N–H and O–H groups in total. The van der Waals surface area contributed by atoms with Gasteiger partial charge in [0, 0.05) is 0 Å². The number of hydrogen-bond donors (Lipinski definition) is 2. The van der Waals surface area contributed by atoms with Gasteiger partial charge >= 0.3 is 11.9 Å². The molecule has 1 aromatic rings. The summed E-state index contributed by atoms with van der Waals surface area (Å²) in [5.74, 6) is -2.62. The van der Waals surface area contributed by atoms with Crippen LogP contribution in [0.15, 0.2) is 30.9 Å². The number of benzene rings is 1. The van der Waals surface area contributed by atoms with Crippen molar-refractivity contribution in [2.75, 3.05) is 26.2 Å². The second kappa shape index (κ2) is 12.1. The van der Waals surface area contributed by atoms with Crippen molar-refractivity contribution >= 4 is 11.9 Å². The van der Waals surface area contributed by atoms with Crippen molar-refractivity contribution < 1.29 is 24.5 Å². The first-order valence-corrected chi connectivity index (χ1v) is 8.96. The molecule has 1 fully saturated rings. The maximum atomic E-state index is 9.10. The van der Waals surface area contributed by atoms with Crippen LogP contribution in [0.2, 0.25) is 0 Å². The summed E-state index contributed by atoms with van der Waals surface area (Å²) in [6.07, 6.45) is 7.95. The lowest BCUT2D eigenvalue weighted by Crippen LogP contribution is -2.20. The zero-order valence-corrected chi connectivity index (χ0v) is 15.4. The zero-order valence-electron chi connectivity index (χ0n) is 15.4. The predicted octanol–water partition coefficient (Wildman–Crippen LogP) is 3.13. The van der Waals surface area contributed by atoms with Crippen molar-refractivity contribution in [2.45, 2.75) is 39.0 Å². The molecule has 6 heteroatoms. The van der Waals surface area contributed by atoms with Gasteiger partial charge in [0.15, 0.2) is 0 Å². The molecule has 0 atom stereocenters. The topological polar surface area (TPSA) is 87.1 Å². The molecule has 0 aromatic heterocycles. The van der Waals surface area contributed by atoms with Crippen molar-refractivity contribution in [3.63, 3.8) is 0 Å². The van der Waals surface area contributed by atoms with Crippen LogP contribution in [0.4, 0.5) is 0 Å². The Morgan fingerprint density at radius 3 is 2.42 bits per heavy atom. The Hall–Kier alpha value is -2.34. The van der Waals surface area contributed by atoms with E-state index in [4.69, 9.17) is 24.5 Å². The zero-order chi connectivity index (χ0) is 19.4. The molecule has 1 aromatic carbocycles. The summed E-state index contributed by atoms with van der Waals surface area (Å²) >= 11 is 0. The number of unbranched alkanes of at least 4 members (excludes halogenated alkanes) is 1. The number of aliphatic carboxylic acids is 2. The predicted molar refractivity (Wildman–Crippen MR) is 101 cm³/mol. The summed E-state index contributed by atoms with van der Waals surface area (Å²) in [5, 5.41) is 14.8. The molecule has 144 valence electrons. The minimum atomic E-state index is -1.82. The third-order valence-corrected chi connectivity index (χ3v) is 4.09. The average molecular weight is 363 g/mol. The summed E-state index contributed by atoms with van der Waals surface area (Å²) in [4.78, 5) is 20.8. The molecule has 2 rings (SSSR count). The van der Waals surface area contributed by atoms with Gasteiger partial charge in [-0.05, 0) is 70.3 Å².